The molecular weight excluding hydrogens is 237 g/mol. The van der Waals surface area contributed by atoms with E-state index in [4.69, 9.17) is 9.47 Å². The number of rotatable bonds is 2. The van der Waals surface area contributed by atoms with Crippen molar-refractivity contribution in [2.24, 2.45) is 0 Å². The summed E-state index contributed by atoms with van der Waals surface area (Å²) in [5.74, 6) is 0. The molecule has 0 amide bonds. The lowest BCUT2D eigenvalue weighted by molar-refractivity contribution is -0.137. The largest absolute Gasteiger partial charge is 0.416 e. The Bertz CT molecular complexity index is 422. The first-order valence-electron chi connectivity index (χ1n) is 4.91. The zero-order valence-corrected chi connectivity index (χ0v) is 8.66. The van der Waals surface area contributed by atoms with Gasteiger partial charge in [0.2, 0.25) is 0 Å². The molecule has 0 bridgehead atoms. The van der Waals surface area contributed by atoms with Gasteiger partial charge < -0.3 is 9.47 Å². The van der Waals surface area contributed by atoms with Crippen LogP contribution in [0.3, 0.4) is 0 Å². The first kappa shape index (κ1) is 12.1. The van der Waals surface area contributed by atoms with Gasteiger partial charge in [0.25, 0.3) is 0 Å². The van der Waals surface area contributed by atoms with Crippen molar-refractivity contribution in [2.45, 2.75) is 12.5 Å². The smallest absolute Gasteiger partial charge is 0.346 e. The van der Waals surface area contributed by atoms with Gasteiger partial charge in [-0.1, -0.05) is 0 Å². The Hall–Kier alpha value is -1.40. The van der Waals surface area contributed by atoms with Crippen molar-refractivity contribution in [1.82, 2.24) is 0 Å². The zero-order chi connectivity index (χ0) is 12.5. The summed E-state index contributed by atoms with van der Waals surface area (Å²) in [5, 5.41) is 0. The molecule has 1 aliphatic heterocycles. The number of carbonyl (C=O) groups excluding carboxylic acids is 1. The predicted molar refractivity (Wildman–Crippen MR) is 51.5 cm³/mol. The summed E-state index contributed by atoms with van der Waals surface area (Å²) in [6, 6.07) is 3.06. The third-order valence-electron chi connectivity index (χ3n) is 2.34. The number of carbonyl (C=O) groups is 1. The van der Waals surface area contributed by atoms with Crippen LogP contribution in [0.4, 0.5) is 13.2 Å². The van der Waals surface area contributed by atoms with Crippen LogP contribution in [-0.2, 0) is 15.7 Å². The van der Waals surface area contributed by atoms with Crippen molar-refractivity contribution in [1.29, 1.82) is 0 Å². The van der Waals surface area contributed by atoms with Crippen LogP contribution in [0.25, 0.3) is 0 Å². The lowest BCUT2D eigenvalue weighted by Crippen LogP contribution is -2.08. The monoisotopic (exact) mass is 246 g/mol. The van der Waals surface area contributed by atoms with E-state index in [-0.39, 0.29) is 11.1 Å². The summed E-state index contributed by atoms with van der Waals surface area (Å²) < 4.78 is 47.9. The molecule has 1 aliphatic rings. The second-order valence-electron chi connectivity index (χ2n) is 3.58. The molecule has 17 heavy (non-hydrogen) atoms. The van der Waals surface area contributed by atoms with Crippen molar-refractivity contribution in [3.63, 3.8) is 0 Å². The minimum atomic E-state index is -4.49. The van der Waals surface area contributed by atoms with Crippen LogP contribution in [0.2, 0.25) is 0 Å². The predicted octanol–water partition coefficient (Wildman–Crippen LogP) is 2.56. The molecule has 92 valence electrons. The van der Waals surface area contributed by atoms with Crippen molar-refractivity contribution in [3.05, 3.63) is 34.9 Å². The highest BCUT2D eigenvalue weighted by atomic mass is 19.4. The molecule has 0 saturated carbocycles. The van der Waals surface area contributed by atoms with E-state index in [1.54, 1.807) is 0 Å². The van der Waals surface area contributed by atoms with Gasteiger partial charge in [-0.25, -0.2) is 0 Å². The maximum absolute atomic E-state index is 12.6. The zero-order valence-electron chi connectivity index (χ0n) is 8.66. The molecule has 0 aromatic heterocycles. The van der Waals surface area contributed by atoms with E-state index < -0.39 is 18.0 Å². The summed E-state index contributed by atoms with van der Waals surface area (Å²) >= 11 is 0. The standard InChI is InChI=1S/C11H9F3O3/c12-11(13,14)9-4-7(6-15)3-8(5-9)10-16-1-2-17-10/h3-6,10H,1-2H2. The average molecular weight is 246 g/mol. The molecule has 0 unspecified atom stereocenters. The minimum Gasteiger partial charge on any atom is -0.346 e. The van der Waals surface area contributed by atoms with E-state index in [0.29, 0.717) is 19.5 Å². The van der Waals surface area contributed by atoms with E-state index in [2.05, 4.69) is 0 Å². The highest BCUT2D eigenvalue weighted by molar-refractivity contribution is 5.75. The second kappa shape index (κ2) is 4.46. The molecular formula is C11H9F3O3. The normalized spacial score (nSPS) is 17.4. The quantitative estimate of drug-likeness (QED) is 0.752. The van der Waals surface area contributed by atoms with Gasteiger partial charge in [-0.3, -0.25) is 4.79 Å². The molecule has 6 heteroatoms. The van der Waals surface area contributed by atoms with Crippen LogP contribution in [-0.4, -0.2) is 19.5 Å². The number of hydrogen-bond donors (Lipinski definition) is 0. The molecule has 1 heterocycles. The van der Waals surface area contributed by atoms with E-state index in [9.17, 15) is 18.0 Å². The maximum atomic E-state index is 12.6. The van der Waals surface area contributed by atoms with Crippen molar-refractivity contribution >= 4 is 6.29 Å². The molecule has 1 saturated heterocycles. The summed E-state index contributed by atoms with van der Waals surface area (Å²) in [6.07, 6.45) is -4.95. The molecule has 0 aliphatic carbocycles. The average Bonchev–Trinajstić information content (AvgIpc) is 2.80. The molecule has 3 nitrogen and oxygen atoms in total. The van der Waals surface area contributed by atoms with Crippen LogP contribution in [0.5, 0.6) is 0 Å². The lowest BCUT2D eigenvalue weighted by Gasteiger charge is -2.13. The lowest BCUT2D eigenvalue weighted by atomic mass is 10.1. The van der Waals surface area contributed by atoms with E-state index >= 15 is 0 Å². The number of ether oxygens (including phenoxy) is 2. The third kappa shape index (κ3) is 2.65. The van der Waals surface area contributed by atoms with Crippen LogP contribution in [0.15, 0.2) is 18.2 Å². The fourth-order valence-corrected chi connectivity index (χ4v) is 1.60. The molecule has 0 radical (unpaired) electrons. The Balaban J connectivity index is 2.41. The van der Waals surface area contributed by atoms with E-state index in [0.717, 1.165) is 12.1 Å². The van der Waals surface area contributed by atoms with Gasteiger partial charge in [0.15, 0.2) is 6.29 Å². The summed E-state index contributed by atoms with van der Waals surface area (Å²) in [5.41, 5.74) is -0.718. The van der Waals surface area contributed by atoms with Crippen molar-refractivity contribution < 1.29 is 27.4 Å². The summed E-state index contributed by atoms with van der Waals surface area (Å²) in [7, 11) is 0. The number of benzene rings is 1. The highest BCUT2D eigenvalue weighted by Gasteiger charge is 2.32. The van der Waals surface area contributed by atoms with Gasteiger partial charge in [0.1, 0.15) is 6.29 Å². The first-order valence-corrected chi connectivity index (χ1v) is 4.91. The van der Waals surface area contributed by atoms with Gasteiger partial charge in [0, 0.05) is 11.1 Å². The number of aldehydes is 1. The van der Waals surface area contributed by atoms with E-state index in [1.807, 2.05) is 0 Å². The topological polar surface area (TPSA) is 35.5 Å². The van der Waals surface area contributed by atoms with Gasteiger partial charge >= 0.3 is 6.18 Å². The second-order valence-corrected chi connectivity index (χ2v) is 3.58. The molecule has 1 aromatic rings. The number of halogens is 3. The molecule has 1 fully saturated rings. The maximum Gasteiger partial charge on any atom is 0.416 e. The van der Waals surface area contributed by atoms with Gasteiger partial charge in [-0.05, 0) is 18.2 Å². The van der Waals surface area contributed by atoms with Crippen molar-refractivity contribution in [2.75, 3.05) is 13.2 Å². The Morgan fingerprint density at radius 3 is 2.35 bits per heavy atom. The minimum absolute atomic E-state index is 0.0473. The summed E-state index contributed by atoms with van der Waals surface area (Å²) in [4.78, 5) is 10.6. The van der Waals surface area contributed by atoms with Crippen LogP contribution < -0.4 is 0 Å². The molecule has 1 aromatic carbocycles. The summed E-state index contributed by atoms with van der Waals surface area (Å²) in [6.45, 7) is 0.661. The fraction of sp³-hybridized carbons (Fsp3) is 0.364. The molecule has 2 rings (SSSR count). The molecule has 0 spiro atoms. The van der Waals surface area contributed by atoms with Crippen LogP contribution in [0.1, 0.15) is 27.8 Å². The van der Waals surface area contributed by atoms with Gasteiger partial charge in [0.05, 0.1) is 18.8 Å². The van der Waals surface area contributed by atoms with Crippen molar-refractivity contribution in [3.8, 4) is 0 Å². The Morgan fingerprint density at radius 2 is 1.82 bits per heavy atom. The Kier molecular flexibility index (Phi) is 3.17. The van der Waals surface area contributed by atoms with Gasteiger partial charge in [-0.15, -0.1) is 0 Å². The van der Waals surface area contributed by atoms with Crippen LogP contribution in [0, 0.1) is 0 Å². The molecule has 0 atom stereocenters. The third-order valence-corrected chi connectivity index (χ3v) is 2.34. The Labute approximate surface area is 95.1 Å². The number of hydrogen-bond acceptors (Lipinski definition) is 3. The fourth-order valence-electron chi connectivity index (χ4n) is 1.60. The van der Waals surface area contributed by atoms with Gasteiger partial charge in [-0.2, -0.15) is 13.2 Å². The van der Waals surface area contributed by atoms with E-state index in [1.165, 1.54) is 6.07 Å². The highest BCUT2D eigenvalue weighted by Crippen LogP contribution is 2.33. The van der Waals surface area contributed by atoms with Crippen LogP contribution >= 0.6 is 0 Å². The Morgan fingerprint density at radius 1 is 1.18 bits per heavy atom. The first-order chi connectivity index (χ1) is 8.00. The molecule has 0 N–H and O–H groups in total. The number of alkyl halides is 3. The SMILES string of the molecule is O=Cc1cc(C2OCCO2)cc(C(F)(F)F)c1.